The van der Waals surface area contributed by atoms with Gasteiger partial charge in [0.15, 0.2) is 5.96 Å². The summed E-state index contributed by atoms with van der Waals surface area (Å²) in [5.41, 5.74) is -0.366. The molecule has 27 heavy (non-hydrogen) atoms. The van der Waals surface area contributed by atoms with Crippen LogP contribution in [0, 0.1) is 5.41 Å². The number of halogens is 3. The molecule has 1 rings (SSSR count). The maximum absolute atomic E-state index is 12.6. The lowest BCUT2D eigenvalue weighted by Gasteiger charge is -2.22. The number of hydrogen-bond acceptors (Lipinski definition) is 2. The van der Waals surface area contributed by atoms with E-state index in [-0.39, 0.29) is 5.91 Å². The topological polar surface area (TPSA) is 56.7 Å². The minimum Gasteiger partial charge on any atom is -0.357 e. The Morgan fingerprint density at radius 2 is 1.70 bits per heavy atom. The lowest BCUT2D eigenvalue weighted by molar-refractivity contribution is -0.137. The summed E-state index contributed by atoms with van der Waals surface area (Å²) in [6, 6.07) is 5.09. The second-order valence-corrected chi connectivity index (χ2v) is 7.29. The van der Waals surface area contributed by atoms with Crippen LogP contribution in [0.1, 0.15) is 38.8 Å². The first-order valence-corrected chi connectivity index (χ1v) is 8.89. The summed E-state index contributed by atoms with van der Waals surface area (Å²) in [6.07, 6.45) is -4.34. The largest absolute Gasteiger partial charge is 0.416 e. The Balaban J connectivity index is 2.66. The normalized spacial score (nSPS) is 12.7. The van der Waals surface area contributed by atoms with Gasteiger partial charge in [0.1, 0.15) is 0 Å². The molecule has 152 valence electrons. The van der Waals surface area contributed by atoms with E-state index in [4.69, 9.17) is 0 Å². The first-order chi connectivity index (χ1) is 12.4. The molecule has 0 aliphatic heterocycles. The molecule has 0 atom stereocenters. The summed E-state index contributed by atoms with van der Waals surface area (Å²) in [7, 11) is 1.81. The highest BCUT2D eigenvalue weighted by atomic mass is 19.4. The van der Waals surface area contributed by atoms with E-state index in [1.54, 1.807) is 0 Å². The fourth-order valence-electron chi connectivity index (χ4n) is 2.21. The molecule has 0 spiro atoms. The number of nitrogens with one attached hydrogen (secondary N) is 2. The molecule has 5 nitrogen and oxygen atoms in total. The van der Waals surface area contributed by atoms with Crippen LogP contribution in [0.15, 0.2) is 29.3 Å². The Hall–Kier alpha value is -2.25. The fraction of sp³-hybridized carbons (Fsp3) is 0.579. The highest BCUT2D eigenvalue weighted by Gasteiger charge is 2.30. The second-order valence-electron chi connectivity index (χ2n) is 7.29. The molecule has 0 fully saturated rings. The number of carbonyl (C=O) groups is 1. The standard InChI is InChI=1S/C19H29F3N4O/c1-6-23-17(25-12-11-24-16(27)18(2,3)4)26(5)13-14-7-9-15(10-8-14)19(20,21)22/h7-10H,6,11-13H2,1-5H3,(H,23,25)(H,24,27). The average molecular weight is 386 g/mol. The Bertz CT molecular complexity index is 634. The third kappa shape index (κ3) is 7.88. The first kappa shape index (κ1) is 22.8. The monoisotopic (exact) mass is 386 g/mol. The lowest BCUT2D eigenvalue weighted by atomic mass is 9.96. The number of alkyl halides is 3. The number of rotatable bonds is 6. The van der Waals surface area contributed by atoms with Crippen molar-refractivity contribution in [3.05, 3.63) is 35.4 Å². The summed E-state index contributed by atoms with van der Waals surface area (Å²) < 4.78 is 37.9. The van der Waals surface area contributed by atoms with Gasteiger partial charge in [0.25, 0.3) is 0 Å². The van der Waals surface area contributed by atoms with Gasteiger partial charge in [-0.15, -0.1) is 0 Å². The molecule has 0 aliphatic carbocycles. The van der Waals surface area contributed by atoms with E-state index in [0.29, 0.717) is 32.1 Å². The van der Waals surface area contributed by atoms with Crippen LogP contribution < -0.4 is 10.6 Å². The van der Waals surface area contributed by atoms with E-state index in [1.165, 1.54) is 12.1 Å². The second kappa shape index (κ2) is 9.62. The van der Waals surface area contributed by atoms with Crippen molar-refractivity contribution in [1.29, 1.82) is 0 Å². The quantitative estimate of drug-likeness (QED) is 0.448. The molecule has 0 unspecified atom stereocenters. The molecular formula is C19H29F3N4O. The summed E-state index contributed by atoms with van der Waals surface area (Å²) in [5, 5.41) is 5.97. The molecule has 1 aromatic rings. The van der Waals surface area contributed by atoms with E-state index >= 15 is 0 Å². The van der Waals surface area contributed by atoms with E-state index in [1.807, 2.05) is 39.6 Å². The van der Waals surface area contributed by atoms with Gasteiger partial charge in [-0.2, -0.15) is 13.2 Å². The van der Waals surface area contributed by atoms with Gasteiger partial charge in [0, 0.05) is 32.1 Å². The van der Waals surface area contributed by atoms with E-state index in [2.05, 4.69) is 15.6 Å². The van der Waals surface area contributed by atoms with E-state index < -0.39 is 17.2 Å². The number of nitrogens with zero attached hydrogens (tertiary/aromatic N) is 2. The van der Waals surface area contributed by atoms with Crippen molar-refractivity contribution < 1.29 is 18.0 Å². The van der Waals surface area contributed by atoms with Crippen molar-refractivity contribution in [2.45, 2.75) is 40.4 Å². The molecule has 2 N–H and O–H groups in total. The van der Waals surface area contributed by atoms with Gasteiger partial charge in [-0.25, -0.2) is 0 Å². The van der Waals surface area contributed by atoms with Crippen LogP contribution in [0.5, 0.6) is 0 Å². The molecule has 0 bridgehead atoms. The van der Waals surface area contributed by atoms with Gasteiger partial charge in [-0.05, 0) is 24.6 Å². The highest BCUT2D eigenvalue weighted by Crippen LogP contribution is 2.29. The predicted molar refractivity (Wildman–Crippen MR) is 101 cm³/mol. The number of hydrogen-bond donors (Lipinski definition) is 2. The number of carbonyl (C=O) groups excluding carboxylic acids is 1. The third-order valence-electron chi connectivity index (χ3n) is 3.74. The van der Waals surface area contributed by atoms with Gasteiger partial charge in [-0.3, -0.25) is 9.79 Å². The number of amides is 1. The summed E-state index contributed by atoms with van der Waals surface area (Å²) in [4.78, 5) is 18.1. The summed E-state index contributed by atoms with van der Waals surface area (Å²) in [6.45, 7) is 9.35. The highest BCUT2D eigenvalue weighted by molar-refractivity contribution is 5.81. The SMILES string of the molecule is CCNC(=NCCNC(=O)C(C)(C)C)N(C)Cc1ccc(C(F)(F)F)cc1. The van der Waals surface area contributed by atoms with Crippen molar-refractivity contribution in [2.75, 3.05) is 26.7 Å². The molecule has 0 aliphatic rings. The fourth-order valence-corrected chi connectivity index (χ4v) is 2.21. The Kier molecular flexibility index (Phi) is 8.12. The minimum atomic E-state index is -4.34. The molecule has 1 aromatic carbocycles. The number of aliphatic imine (C=N–C) groups is 1. The van der Waals surface area contributed by atoms with Gasteiger partial charge in [0.05, 0.1) is 12.1 Å². The molecule has 0 aromatic heterocycles. The van der Waals surface area contributed by atoms with Gasteiger partial charge in [0.2, 0.25) is 5.91 Å². The predicted octanol–water partition coefficient (Wildman–Crippen LogP) is 3.27. The average Bonchev–Trinajstić information content (AvgIpc) is 2.56. The molecule has 0 heterocycles. The zero-order valence-corrected chi connectivity index (χ0v) is 16.6. The Morgan fingerprint density at radius 3 is 2.19 bits per heavy atom. The van der Waals surface area contributed by atoms with Crippen molar-refractivity contribution in [3.63, 3.8) is 0 Å². The van der Waals surface area contributed by atoms with Crippen molar-refractivity contribution in [1.82, 2.24) is 15.5 Å². The van der Waals surface area contributed by atoms with E-state index in [0.717, 1.165) is 17.7 Å². The Morgan fingerprint density at radius 1 is 1.11 bits per heavy atom. The molecule has 0 saturated heterocycles. The Labute approximate surface area is 159 Å². The summed E-state index contributed by atoms with van der Waals surface area (Å²) >= 11 is 0. The van der Waals surface area contributed by atoms with Crippen LogP contribution in [0.4, 0.5) is 13.2 Å². The maximum atomic E-state index is 12.6. The van der Waals surface area contributed by atoms with Crippen LogP contribution >= 0.6 is 0 Å². The number of benzene rings is 1. The molecule has 1 amide bonds. The van der Waals surface area contributed by atoms with Crippen LogP contribution in [0.25, 0.3) is 0 Å². The van der Waals surface area contributed by atoms with Crippen LogP contribution in [0.3, 0.4) is 0 Å². The molecular weight excluding hydrogens is 357 g/mol. The molecule has 0 saturated carbocycles. The first-order valence-electron chi connectivity index (χ1n) is 8.89. The zero-order chi connectivity index (χ0) is 20.7. The van der Waals surface area contributed by atoms with Crippen LogP contribution in [-0.4, -0.2) is 43.4 Å². The third-order valence-corrected chi connectivity index (χ3v) is 3.74. The molecule has 0 radical (unpaired) electrons. The van der Waals surface area contributed by atoms with E-state index in [9.17, 15) is 18.0 Å². The van der Waals surface area contributed by atoms with Crippen LogP contribution in [0.2, 0.25) is 0 Å². The van der Waals surface area contributed by atoms with Gasteiger partial charge in [-0.1, -0.05) is 32.9 Å². The van der Waals surface area contributed by atoms with Gasteiger partial charge >= 0.3 is 6.18 Å². The minimum absolute atomic E-state index is 0.0409. The maximum Gasteiger partial charge on any atom is 0.416 e. The number of guanidine groups is 1. The van der Waals surface area contributed by atoms with Crippen LogP contribution in [-0.2, 0) is 17.5 Å². The van der Waals surface area contributed by atoms with Crippen molar-refractivity contribution >= 4 is 11.9 Å². The molecule has 8 heteroatoms. The van der Waals surface area contributed by atoms with Crippen molar-refractivity contribution in [3.8, 4) is 0 Å². The summed E-state index contributed by atoms with van der Waals surface area (Å²) in [5.74, 6) is 0.586. The van der Waals surface area contributed by atoms with Gasteiger partial charge < -0.3 is 15.5 Å². The van der Waals surface area contributed by atoms with Crippen molar-refractivity contribution in [2.24, 2.45) is 10.4 Å². The zero-order valence-electron chi connectivity index (χ0n) is 16.6. The lowest BCUT2D eigenvalue weighted by Crippen LogP contribution is -2.40. The smallest absolute Gasteiger partial charge is 0.357 e.